The molecule has 0 saturated heterocycles. The van der Waals surface area contributed by atoms with E-state index in [2.05, 4.69) is 52.6 Å². The van der Waals surface area contributed by atoms with Gasteiger partial charge in [0.1, 0.15) is 0 Å². The Bertz CT molecular complexity index is 358. The quantitative estimate of drug-likeness (QED) is 0.813. The number of benzene rings is 1. The summed E-state index contributed by atoms with van der Waals surface area (Å²) in [6.07, 6.45) is 9.71. The van der Waals surface area contributed by atoms with Gasteiger partial charge in [-0.05, 0) is 49.9 Å². The van der Waals surface area contributed by atoms with Crippen LogP contribution in [0.5, 0.6) is 0 Å². The summed E-state index contributed by atoms with van der Waals surface area (Å²) in [6, 6.07) is 9.31. The molecule has 18 heavy (non-hydrogen) atoms. The van der Waals surface area contributed by atoms with Crippen molar-refractivity contribution >= 4 is 15.9 Å². The van der Waals surface area contributed by atoms with Crippen molar-refractivity contribution in [1.29, 1.82) is 0 Å². The van der Waals surface area contributed by atoms with Crippen LogP contribution in [0, 0.1) is 5.92 Å². The molecule has 1 atom stereocenters. The van der Waals surface area contributed by atoms with Crippen LogP contribution in [-0.4, -0.2) is 13.1 Å². The molecular weight excluding hydrogens is 286 g/mol. The fourth-order valence-electron chi connectivity index (χ4n) is 3.03. The molecule has 1 aromatic carbocycles. The van der Waals surface area contributed by atoms with Crippen LogP contribution >= 0.6 is 15.9 Å². The first-order chi connectivity index (χ1) is 8.78. The average molecular weight is 310 g/mol. The number of likely N-dealkylation sites (N-methyl/N-ethyl adjacent to an activating group) is 1. The van der Waals surface area contributed by atoms with E-state index in [4.69, 9.17) is 0 Å². The number of nitrogens with one attached hydrogen (secondary N) is 1. The lowest BCUT2D eigenvalue weighted by molar-refractivity contribution is 0.418. The average Bonchev–Trinajstić information content (AvgIpc) is 2.87. The molecular formula is C16H24BrN. The van der Waals surface area contributed by atoms with Crippen molar-refractivity contribution in [1.82, 2.24) is 5.32 Å². The van der Waals surface area contributed by atoms with E-state index in [1.54, 1.807) is 0 Å². The van der Waals surface area contributed by atoms with Gasteiger partial charge >= 0.3 is 0 Å². The molecule has 0 radical (unpaired) electrons. The molecule has 2 rings (SSSR count). The second-order valence-electron chi connectivity index (χ2n) is 5.55. The van der Waals surface area contributed by atoms with Crippen molar-refractivity contribution in [2.24, 2.45) is 5.92 Å². The van der Waals surface area contributed by atoms with Crippen LogP contribution < -0.4 is 5.32 Å². The van der Waals surface area contributed by atoms with Gasteiger partial charge in [0.15, 0.2) is 0 Å². The van der Waals surface area contributed by atoms with Gasteiger partial charge < -0.3 is 5.32 Å². The van der Waals surface area contributed by atoms with Gasteiger partial charge in [-0.1, -0.05) is 53.7 Å². The molecule has 0 bridgehead atoms. The summed E-state index contributed by atoms with van der Waals surface area (Å²) >= 11 is 3.55. The molecule has 0 spiro atoms. The largest absolute Gasteiger partial charge is 0.317 e. The molecule has 1 unspecified atom stereocenters. The highest BCUT2D eigenvalue weighted by molar-refractivity contribution is 9.10. The second-order valence-corrected chi connectivity index (χ2v) is 6.46. The summed E-state index contributed by atoms with van der Waals surface area (Å²) in [4.78, 5) is 0. The van der Waals surface area contributed by atoms with Crippen LogP contribution in [-0.2, 0) is 6.42 Å². The monoisotopic (exact) mass is 309 g/mol. The third-order valence-corrected chi connectivity index (χ3v) is 4.67. The van der Waals surface area contributed by atoms with E-state index in [9.17, 15) is 0 Å². The highest BCUT2D eigenvalue weighted by Crippen LogP contribution is 2.29. The number of hydrogen-bond donors (Lipinski definition) is 1. The Kier molecular flexibility index (Phi) is 5.71. The van der Waals surface area contributed by atoms with Gasteiger partial charge in [-0.15, -0.1) is 0 Å². The SMILES string of the molecule is CNC(CCC1CCCC1)Cc1cccc(Br)c1. The van der Waals surface area contributed by atoms with E-state index < -0.39 is 0 Å². The first-order valence-corrected chi connectivity index (χ1v) is 7.99. The van der Waals surface area contributed by atoms with E-state index in [1.165, 1.54) is 48.6 Å². The Morgan fingerprint density at radius 2 is 2.11 bits per heavy atom. The van der Waals surface area contributed by atoms with E-state index in [0.29, 0.717) is 6.04 Å². The van der Waals surface area contributed by atoms with Gasteiger partial charge in [0.2, 0.25) is 0 Å². The van der Waals surface area contributed by atoms with E-state index in [1.807, 2.05) is 0 Å². The lowest BCUT2D eigenvalue weighted by Gasteiger charge is -2.18. The van der Waals surface area contributed by atoms with Gasteiger partial charge in [-0.3, -0.25) is 0 Å². The highest BCUT2D eigenvalue weighted by Gasteiger charge is 2.17. The molecule has 0 aromatic heterocycles. The van der Waals surface area contributed by atoms with Gasteiger partial charge in [0.05, 0.1) is 0 Å². The fraction of sp³-hybridized carbons (Fsp3) is 0.625. The van der Waals surface area contributed by atoms with Crippen LogP contribution in [0.1, 0.15) is 44.1 Å². The lowest BCUT2D eigenvalue weighted by Crippen LogP contribution is -2.28. The van der Waals surface area contributed by atoms with Crippen molar-refractivity contribution in [3.63, 3.8) is 0 Å². The number of rotatable bonds is 6. The minimum Gasteiger partial charge on any atom is -0.317 e. The fourth-order valence-corrected chi connectivity index (χ4v) is 3.48. The van der Waals surface area contributed by atoms with Crippen LogP contribution in [0.4, 0.5) is 0 Å². The Morgan fingerprint density at radius 3 is 2.78 bits per heavy atom. The maximum absolute atomic E-state index is 3.55. The first kappa shape index (κ1) is 14.1. The van der Waals surface area contributed by atoms with Crippen molar-refractivity contribution < 1.29 is 0 Å². The van der Waals surface area contributed by atoms with Crippen molar-refractivity contribution in [2.75, 3.05) is 7.05 Å². The van der Waals surface area contributed by atoms with Gasteiger partial charge in [-0.25, -0.2) is 0 Å². The lowest BCUT2D eigenvalue weighted by atomic mass is 9.95. The van der Waals surface area contributed by atoms with Gasteiger partial charge in [-0.2, -0.15) is 0 Å². The molecule has 100 valence electrons. The topological polar surface area (TPSA) is 12.0 Å². The molecule has 1 nitrogen and oxygen atoms in total. The predicted octanol–water partition coefficient (Wildman–Crippen LogP) is 4.55. The Hall–Kier alpha value is -0.340. The summed E-state index contributed by atoms with van der Waals surface area (Å²) in [5, 5.41) is 3.48. The van der Waals surface area contributed by atoms with Crippen LogP contribution in [0.2, 0.25) is 0 Å². The summed E-state index contributed by atoms with van der Waals surface area (Å²) in [5.74, 6) is 1.00. The van der Waals surface area contributed by atoms with E-state index >= 15 is 0 Å². The Balaban J connectivity index is 1.81. The smallest absolute Gasteiger partial charge is 0.0178 e. The molecule has 1 aliphatic carbocycles. The minimum atomic E-state index is 0.625. The van der Waals surface area contributed by atoms with Crippen molar-refractivity contribution in [2.45, 2.75) is 51.0 Å². The molecule has 1 saturated carbocycles. The molecule has 1 aromatic rings. The molecule has 1 aliphatic rings. The summed E-state index contributed by atoms with van der Waals surface area (Å²) < 4.78 is 1.19. The summed E-state index contributed by atoms with van der Waals surface area (Å²) in [7, 11) is 2.09. The molecule has 1 N–H and O–H groups in total. The zero-order chi connectivity index (χ0) is 12.8. The zero-order valence-corrected chi connectivity index (χ0v) is 12.9. The van der Waals surface area contributed by atoms with Crippen molar-refractivity contribution in [3.8, 4) is 0 Å². The predicted molar refractivity (Wildman–Crippen MR) is 81.9 cm³/mol. The van der Waals surface area contributed by atoms with E-state index in [0.717, 1.165) is 12.3 Å². The maximum atomic E-state index is 3.55. The number of hydrogen-bond acceptors (Lipinski definition) is 1. The highest BCUT2D eigenvalue weighted by atomic mass is 79.9. The Morgan fingerprint density at radius 1 is 1.33 bits per heavy atom. The third kappa shape index (κ3) is 4.40. The normalized spacial score (nSPS) is 18.1. The second kappa shape index (κ2) is 7.30. The van der Waals surface area contributed by atoms with Crippen LogP contribution in [0.15, 0.2) is 28.7 Å². The number of halogens is 1. The maximum Gasteiger partial charge on any atom is 0.0178 e. The van der Waals surface area contributed by atoms with Gasteiger partial charge in [0, 0.05) is 10.5 Å². The summed E-state index contributed by atoms with van der Waals surface area (Å²) in [6.45, 7) is 0. The van der Waals surface area contributed by atoms with E-state index in [-0.39, 0.29) is 0 Å². The molecule has 0 heterocycles. The van der Waals surface area contributed by atoms with Crippen LogP contribution in [0.3, 0.4) is 0 Å². The summed E-state index contributed by atoms with van der Waals surface area (Å²) in [5.41, 5.74) is 1.43. The minimum absolute atomic E-state index is 0.625. The van der Waals surface area contributed by atoms with Crippen molar-refractivity contribution in [3.05, 3.63) is 34.3 Å². The third-order valence-electron chi connectivity index (χ3n) is 4.18. The molecule has 2 heteroatoms. The first-order valence-electron chi connectivity index (χ1n) is 7.19. The zero-order valence-electron chi connectivity index (χ0n) is 11.3. The Labute approximate surface area is 119 Å². The standard InChI is InChI=1S/C16H24BrN/c1-18-16(10-9-13-5-2-3-6-13)12-14-7-4-8-15(17)11-14/h4,7-8,11,13,16,18H,2-3,5-6,9-10,12H2,1H3. The van der Waals surface area contributed by atoms with Crippen LogP contribution in [0.25, 0.3) is 0 Å². The molecule has 0 aliphatic heterocycles. The van der Waals surface area contributed by atoms with Gasteiger partial charge in [0.25, 0.3) is 0 Å². The molecule has 0 amide bonds. The molecule has 1 fully saturated rings.